The molecule has 0 radical (unpaired) electrons. The van der Waals surface area contributed by atoms with Crippen molar-refractivity contribution in [2.24, 2.45) is 5.16 Å². The van der Waals surface area contributed by atoms with Crippen molar-refractivity contribution in [1.29, 1.82) is 0 Å². The minimum Gasteiger partial charge on any atom is -0.411 e. The highest BCUT2D eigenvalue weighted by Crippen LogP contribution is 2.20. The van der Waals surface area contributed by atoms with E-state index in [0.717, 1.165) is 28.6 Å². The summed E-state index contributed by atoms with van der Waals surface area (Å²) in [5.74, 6) is 0. The molecule has 5 nitrogen and oxygen atoms in total. The number of nitrogens with one attached hydrogen (secondary N) is 1. The van der Waals surface area contributed by atoms with Crippen LogP contribution in [0.1, 0.15) is 18.1 Å². The van der Waals surface area contributed by atoms with E-state index in [1.54, 1.807) is 0 Å². The number of rotatable bonds is 3. The summed E-state index contributed by atoms with van der Waals surface area (Å²) in [7, 11) is 0. The van der Waals surface area contributed by atoms with E-state index < -0.39 is 0 Å². The van der Waals surface area contributed by atoms with Gasteiger partial charge in [-0.3, -0.25) is 0 Å². The lowest BCUT2D eigenvalue weighted by Gasteiger charge is -2.01. The summed E-state index contributed by atoms with van der Waals surface area (Å²) < 4.78 is 1.85. The summed E-state index contributed by atoms with van der Waals surface area (Å²) in [5, 5.41) is 17.1. The average molecular weight is 254 g/mol. The molecular weight excluding hydrogens is 240 g/mol. The lowest BCUT2D eigenvalue weighted by Crippen LogP contribution is -1.93. The molecule has 0 spiro atoms. The van der Waals surface area contributed by atoms with Crippen LogP contribution in [0.5, 0.6) is 0 Å². The molecule has 2 N–H and O–H groups in total. The van der Waals surface area contributed by atoms with Crippen LogP contribution in [0.4, 0.5) is 0 Å². The first-order valence-electron chi connectivity index (χ1n) is 6.14. The number of fused-ring (bicyclic) bond motifs is 1. The Morgan fingerprint density at radius 1 is 1.47 bits per heavy atom. The van der Waals surface area contributed by atoms with Gasteiger partial charge in [0.1, 0.15) is 0 Å². The van der Waals surface area contributed by atoms with E-state index >= 15 is 0 Å². The second-order valence-corrected chi connectivity index (χ2v) is 4.37. The number of nitrogens with zero attached hydrogens (tertiary/aromatic N) is 3. The summed E-state index contributed by atoms with van der Waals surface area (Å²) >= 11 is 0. The van der Waals surface area contributed by atoms with Crippen LogP contribution in [0, 0.1) is 0 Å². The van der Waals surface area contributed by atoms with Crippen molar-refractivity contribution in [2.75, 3.05) is 0 Å². The zero-order valence-corrected chi connectivity index (χ0v) is 10.5. The fourth-order valence-electron chi connectivity index (χ4n) is 2.13. The van der Waals surface area contributed by atoms with E-state index in [4.69, 9.17) is 5.21 Å². The van der Waals surface area contributed by atoms with Crippen LogP contribution in [0.15, 0.2) is 41.9 Å². The summed E-state index contributed by atoms with van der Waals surface area (Å²) in [5.41, 5.74) is 4.04. The van der Waals surface area contributed by atoms with Gasteiger partial charge in [0.15, 0.2) is 0 Å². The van der Waals surface area contributed by atoms with Gasteiger partial charge < -0.3 is 10.2 Å². The summed E-state index contributed by atoms with van der Waals surface area (Å²) in [6.07, 6.45) is 8.09. The molecule has 0 saturated heterocycles. The Kier molecular flexibility index (Phi) is 2.79. The number of hydrogen-bond donors (Lipinski definition) is 2. The van der Waals surface area contributed by atoms with Crippen LogP contribution >= 0.6 is 0 Å². The monoisotopic (exact) mass is 254 g/mol. The molecule has 0 bridgehead atoms. The zero-order chi connectivity index (χ0) is 13.2. The number of H-pyrrole nitrogens is 1. The molecule has 0 aliphatic carbocycles. The second-order valence-electron chi connectivity index (χ2n) is 4.37. The molecule has 0 aliphatic rings. The number of aromatic amines is 1. The van der Waals surface area contributed by atoms with E-state index in [0.29, 0.717) is 0 Å². The smallest absolute Gasteiger partial charge is 0.0755 e. The van der Waals surface area contributed by atoms with Gasteiger partial charge in [-0.15, -0.1) is 0 Å². The standard InChI is InChI=1S/C14H14N4O/c1-2-10-6-16-18(9-10)12-3-4-14-13(5-12)11(7-15-14)8-17-19/h3-9,15,19H,2H2,1H3/b17-8+. The summed E-state index contributed by atoms with van der Waals surface area (Å²) in [6, 6.07) is 6.02. The SMILES string of the molecule is CCc1cnn(-c2ccc3[nH]cc(/C=N/O)c3c2)c1. The van der Waals surface area contributed by atoms with E-state index in [9.17, 15) is 0 Å². The van der Waals surface area contributed by atoms with E-state index in [-0.39, 0.29) is 0 Å². The maximum atomic E-state index is 8.66. The van der Waals surface area contributed by atoms with Crippen molar-refractivity contribution in [3.05, 3.63) is 47.9 Å². The molecule has 3 rings (SSSR count). The highest BCUT2D eigenvalue weighted by molar-refractivity contribution is 5.99. The number of aromatic nitrogens is 3. The molecule has 1 aromatic carbocycles. The number of hydrogen-bond acceptors (Lipinski definition) is 3. The van der Waals surface area contributed by atoms with E-state index in [1.165, 1.54) is 11.8 Å². The second kappa shape index (κ2) is 4.61. The molecule has 3 aromatic rings. The zero-order valence-electron chi connectivity index (χ0n) is 10.5. The van der Waals surface area contributed by atoms with Crippen LogP contribution in [0.2, 0.25) is 0 Å². The lowest BCUT2D eigenvalue weighted by molar-refractivity contribution is 0.322. The first kappa shape index (κ1) is 11.5. The summed E-state index contributed by atoms with van der Waals surface area (Å²) in [6.45, 7) is 2.10. The third-order valence-electron chi connectivity index (χ3n) is 3.20. The van der Waals surface area contributed by atoms with Gasteiger partial charge in [-0.05, 0) is 30.2 Å². The van der Waals surface area contributed by atoms with Crippen molar-refractivity contribution >= 4 is 17.1 Å². The average Bonchev–Trinajstić information content (AvgIpc) is 3.06. The normalized spacial score (nSPS) is 11.6. The van der Waals surface area contributed by atoms with Crippen molar-refractivity contribution in [1.82, 2.24) is 14.8 Å². The molecule has 2 heterocycles. The molecule has 0 saturated carbocycles. The van der Waals surface area contributed by atoms with Gasteiger partial charge in [0.25, 0.3) is 0 Å². The minimum atomic E-state index is 0.849. The molecule has 0 atom stereocenters. The fourth-order valence-corrected chi connectivity index (χ4v) is 2.13. The van der Waals surface area contributed by atoms with Gasteiger partial charge in [-0.2, -0.15) is 5.10 Å². The van der Waals surface area contributed by atoms with E-state index in [1.807, 2.05) is 41.5 Å². The Morgan fingerprint density at radius 3 is 3.11 bits per heavy atom. The Balaban J connectivity index is 2.11. The van der Waals surface area contributed by atoms with Crippen LogP contribution < -0.4 is 0 Å². The largest absolute Gasteiger partial charge is 0.411 e. The molecule has 0 amide bonds. The maximum Gasteiger partial charge on any atom is 0.0755 e. The molecular formula is C14H14N4O. The molecule has 0 aliphatic heterocycles. The van der Waals surface area contributed by atoms with Gasteiger partial charge in [-0.1, -0.05) is 12.1 Å². The molecule has 96 valence electrons. The van der Waals surface area contributed by atoms with Crippen molar-refractivity contribution in [3.8, 4) is 5.69 Å². The Labute approximate surface area is 110 Å². The maximum absolute atomic E-state index is 8.66. The van der Waals surface area contributed by atoms with Crippen LogP contribution in [0.25, 0.3) is 16.6 Å². The first-order chi connectivity index (χ1) is 9.31. The van der Waals surface area contributed by atoms with Gasteiger partial charge >= 0.3 is 0 Å². The van der Waals surface area contributed by atoms with Crippen LogP contribution in [-0.2, 0) is 6.42 Å². The fraction of sp³-hybridized carbons (Fsp3) is 0.143. The predicted octanol–water partition coefficient (Wildman–Crippen LogP) is 2.72. The molecule has 0 fully saturated rings. The summed E-state index contributed by atoms with van der Waals surface area (Å²) in [4.78, 5) is 3.14. The molecule has 5 heteroatoms. The predicted molar refractivity (Wildman–Crippen MR) is 74.2 cm³/mol. The Morgan fingerprint density at radius 2 is 2.37 bits per heavy atom. The minimum absolute atomic E-state index is 0.849. The Bertz CT molecular complexity index is 739. The quantitative estimate of drug-likeness (QED) is 0.429. The van der Waals surface area contributed by atoms with Crippen molar-refractivity contribution in [2.45, 2.75) is 13.3 Å². The van der Waals surface area contributed by atoms with Gasteiger partial charge in [0.2, 0.25) is 0 Å². The topological polar surface area (TPSA) is 66.2 Å². The van der Waals surface area contributed by atoms with Crippen molar-refractivity contribution < 1.29 is 5.21 Å². The third kappa shape index (κ3) is 1.99. The molecule has 2 aromatic heterocycles. The third-order valence-corrected chi connectivity index (χ3v) is 3.20. The number of benzene rings is 1. The van der Waals surface area contributed by atoms with Crippen LogP contribution in [0.3, 0.4) is 0 Å². The number of aryl methyl sites for hydroxylation is 1. The van der Waals surface area contributed by atoms with Crippen molar-refractivity contribution in [3.63, 3.8) is 0 Å². The Hall–Kier alpha value is -2.56. The number of oxime groups is 1. The van der Waals surface area contributed by atoms with Gasteiger partial charge in [-0.25, -0.2) is 4.68 Å². The van der Waals surface area contributed by atoms with Gasteiger partial charge in [0.05, 0.1) is 18.1 Å². The van der Waals surface area contributed by atoms with E-state index in [2.05, 4.69) is 22.2 Å². The first-order valence-corrected chi connectivity index (χ1v) is 6.14. The van der Waals surface area contributed by atoms with Crippen LogP contribution in [-0.4, -0.2) is 26.2 Å². The molecule has 19 heavy (non-hydrogen) atoms. The highest BCUT2D eigenvalue weighted by Gasteiger charge is 2.05. The highest BCUT2D eigenvalue weighted by atomic mass is 16.4. The van der Waals surface area contributed by atoms with Gasteiger partial charge in [0, 0.05) is 28.9 Å². The lowest BCUT2D eigenvalue weighted by atomic mass is 10.1. The molecule has 0 unspecified atom stereocenters.